The van der Waals surface area contributed by atoms with Crippen LogP contribution < -0.4 is 5.32 Å². The Morgan fingerprint density at radius 3 is 2.65 bits per heavy atom. The van der Waals surface area contributed by atoms with Gasteiger partial charge in [-0.05, 0) is 42.9 Å². The molecule has 1 N–H and O–H groups in total. The molecule has 0 bridgehead atoms. The van der Waals surface area contributed by atoms with E-state index in [1.165, 1.54) is 12.0 Å². The molecule has 1 aliphatic rings. The predicted molar refractivity (Wildman–Crippen MR) is 83.8 cm³/mol. The summed E-state index contributed by atoms with van der Waals surface area (Å²) in [4.78, 5) is 14.4. The molecule has 0 aliphatic carbocycles. The normalized spacial score (nSPS) is 23.6. The van der Waals surface area contributed by atoms with E-state index in [1.54, 1.807) is 0 Å². The van der Waals surface area contributed by atoms with Crippen molar-refractivity contribution >= 4 is 11.6 Å². The van der Waals surface area contributed by atoms with Gasteiger partial charge in [-0.2, -0.15) is 0 Å². The van der Waals surface area contributed by atoms with Crippen molar-refractivity contribution in [2.24, 2.45) is 11.8 Å². The molecule has 1 heterocycles. The number of carbonyl (C=O) groups is 1. The predicted octanol–water partition coefficient (Wildman–Crippen LogP) is 3.30. The second-order valence-corrected chi connectivity index (χ2v) is 6.37. The molecule has 1 fully saturated rings. The Kier molecular flexibility index (Phi) is 5.18. The molecule has 0 saturated carbocycles. The third-order valence-electron chi connectivity index (χ3n) is 3.90. The first-order valence-electron chi connectivity index (χ1n) is 7.62. The molecule has 1 aliphatic heterocycles. The van der Waals surface area contributed by atoms with Gasteiger partial charge in [-0.3, -0.25) is 4.79 Å². The van der Waals surface area contributed by atoms with E-state index in [-0.39, 0.29) is 5.91 Å². The van der Waals surface area contributed by atoms with Gasteiger partial charge in [-0.25, -0.2) is 0 Å². The van der Waals surface area contributed by atoms with Crippen LogP contribution in [0, 0.1) is 18.8 Å². The van der Waals surface area contributed by atoms with Gasteiger partial charge in [0.25, 0.3) is 0 Å². The van der Waals surface area contributed by atoms with Crippen molar-refractivity contribution in [3.63, 3.8) is 0 Å². The third-order valence-corrected chi connectivity index (χ3v) is 3.90. The van der Waals surface area contributed by atoms with E-state index >= 15 is 0 Å². The van der Waals surface area contributed by atoms with Gasteiger partial charge >= 0.3 is 0 Å². The number of carbonyl (C=O) groups excluding carboxylic acids is 1. The summed E-state index contributed by atoms with van der Waals surface area (Å²) in [5, 5.41) is 2.98. The van der Waals surface area contributed by atoms with Crippen molar-refractivity contribution in [1.82, 2.24) is 4.90 Å². The first kappa shape index (κ1) is 15.0. The van der Waals surface area contributed by atoms with Crippen molar-refractivity contribution in [2.45, 2.75) is 33.6 Å². The van der Waals surface area contributed by atoms with Gasteiger partial charge in [0.05, 0.1) is 0 Å². The summed E-state index contributed by atoms with van der Waals surface area (Å²) in [6.45, 7) is 9.76. The fraction of sp³-hybridized carbons (Fsp3) is 0.588. The smallest absolute Gasteiger partial charge is 0.225 e. The van der Waals surface area contributed by atoms with Gasteiger partial charge in [0.15, 0.2) is 0 Å². The molecule has 20 heavy (non-hydrogen) atoms. The SMILES string of the molecule is Cc1cccc(NC(=O)CCN2C[C@H](C)C[C@@H](C)C2)c1. The van der Waals surface area contributed by atoms with Gasteiger partial charge in [0.2, 0.25) is 5.91 Å². The highest BCUT2D eigenvalue weighted by atomic mass is 16.1. The van der Waals surface area contributed by atoms with Crippen LogP contribution in [0.15, 0.2) is 24.3 Å². The van der Waals surface area contributed by atoms with E-state index in [0.29, 0.717) is 6.42 Å². The van der Waals surface area contributed by atoms with Gasteiger partial charge in [0, 0.05) is 31.7 Å². The summed E-state index contributed by atoms with van der Waals surface area (Å²) in [5.74, 6) is 1.61. The molecule has 0 aromatic heterocycles. The monoisotopic (exact) mass is 274 g/mol. The number of hydrogen-bond donors (Lipinski definition) is 1. The largest absolute Gasteiger partial charge is 0.326 e. The number of likely N-dealkylation sites (tertiary alicyclic amines) is 1. The Bertz CT molecular complexity index is 448. The number of hydrogen-bond acceptors (Lipinski definition) is 2. The van der Waals surface area contributed by atoms with Crippen molar-refractivity contribution < 1.29 is 4.79 Å². The van der Waals surface area contributed by atoms with Crippen LogP contribution in [0.5, 0.6) is 0 Å². The maximum atomic E-state index is 12.0. The van der Waals surface area contributed by atoms with E-state index < -0.39 is 0 Å². The van der Waals surface area contributed by atoms with Gasteiger partial charge in [-0.15, -0.1) is 0 Å². The molecule has 1 saturated heterocycles. The van der Waals surface area contributed by atoms with Crippen LogP contribution in [0.2, 0.25) is 0 Å². The van der Waals surface area contributed by atoms with Gasteiger partial charge < -0.3 is 10.2 Å². The zero-order chi connectivity index (χ0) is 14.5. The van der Waals surface area contributed by atoms with Crippen molar-refractivity contribution in [3.05, 3.63) is 29.8 Å². The minimum Gasteiger partial charge on any atom is -0.326 e. The molecule has 110 valence electrons. The number of amides is 1. The molecule has 0 spiro atoms. The maximum Gasteiger partial charge on any atom is 0.225 e. The van der Waals surface area contributed by atoms with Crippen LogP contribution in [-0.4, -0.2) is 30.4 Å². The standard InChI is InChI=1S/C17H26N2O/c1-13-5-4-6-16(10-13)18-17(20)7-8-19-11-14(2)9-15(3)12-19/h4-6,10,14-15H,7-9,11-12H2,1-3H3,(H,18,20)/t14-,15-/m1/s1. The molecule has 0 unspecified atom stereocenters. The number of piperidine rings is 1. The van der Waals surface area contributed by atoms with E-state index in [0.717, 1.165) is 37.2 Å². The van der Waals surface area contributed by atoms with E-state index in [9.17, 15) is 4.79 Å². The first-order chi connectivity index (χ1) is 9.52. The molecule has 1 aromatic carbocycles. The van der Waals surface area contributed by atoms with E-state index in [4.69, 9.17) is 0 Å². The second kappa shape index (κ2) is 6.89. The summed E-state index contributed by atoms with van der Waals surface area (Å²) in [7, 11) is 0. The lowest BCUT2D eigenvalue weighted by atomic mass is 9.92. The minimum atomic E-state index is 0.112. The Labute approximate surface area is 122 Å². The number of benzene rings is 1. The molecular weight excluding hydrogens is 248 g/mol. The molecule has 3 nitrogen and oxygen atoms in total. The zero-order valence-corrected chi connectivity index (χ0v) is 12.9. The molecular formula is C17H26N2O. The second-order valence-electron chi connectivity index (χ2n) is 6.37. The molecule has 1 aromatic rings. The molecule has 3 heteroatoms. The maximum absolute atomic E-state index is 12.0. The van der Waals surface area contributed by atoms with Crippen LogP contribution in [0.1, 0.15) is 32.3 Å². The number of nitrogens with zero attached hydrogens (tertiary/aromatic N) is 1. The Morgan fingerprint density at radius 2 is 2.00 bits per heavy atom. The summed E-state index contributed by atoms with van der Waals surface area (Å²) >= 11 is 0. The van der Waals surface area contributed by atoms with Gasteiger partial charge in [0.1, 0.15) is 0 Å². The highest BCUT2D eigenvalue weighted by molar-refractivity contribution is 5.90. The quantitative estimate of drug-likeness (QED) is 0.913. The Morgan fingerprint density at radius 1 is 1.30 bits per heavy atom. The molecule has 1 amide bonds. The number of rotatable bonds is 4. The van der Waals surface area contributed by atoms with Crippen molar-refractivity contribution in [3.8, 4) is 0 Å². The average Bonchev–Trinajstić information content (AvgIpc) is 2.35. The number of anilines is 1. The van der Waals surface area contributed by atoms with Crippen LogP contribution in [0.25, 0.3) is 0 Å². The first-order valence-corrected chi connectivity index (χ1v) is 7.62. The van der Waals surface area contributed by atoms with Gasteiger partial charge in [-0.1, -0.05) is 26.0 Å². The van der Waals surface area contributed by atoms with Crippen LogP contribution in [0.3, 0.4) is 0 Å². The molecule has 0 radical (unpaired) electrons. The van der Waals surface area contributed by atoms with Crippen molar-refractivity contribution in [2.75, 3.05) is 25.0 Å². The fourth-order valence-electron chi connectivity index (χ4n) is 3.18. The fourth-order valence-corrected chi connectivity index (χ4v) is 3.18. The summed E-state index contributed by atoms with van der Waals surface area (Å²) in [5.41, 5.74) is 2.07. The highest BCUT2D eigenvalue weighted by Crippen LogP contribution is 2.21. The van der Waals surface area contributed by atoms with Crippen LogP contribution in [0.4, 0.5) is 5.69 Å². The summed E-state index contributed by atoms with van der Waals surface area (Å²) < 4.78 is 0. The molecule has 2 rings (SSSR count). The minimum absolute atomic E-state index is 0.112. The number of nitrogens with one attached hydrogen (secondary N) is 1. The van der Waals surface area contributed by atoms with Crippen molar-refractivity contribution in [1.29, 1.82) is 0 Å². The topological polar surface area (TPSA) is 32.3 Å². The summed E-state index contributed by atoms with van der Waals surface area (Å²) in [6.07, 6.45) is 1.89. The zero-order valence-electron chi connectivity index (χ0n) is 12.9. The highest BCUT2D eigenvalue weighted by Gasteiger charge is 2.21. The lowest BCUT2D eigenvalue weighted by Crippen LogP contribution is -2.40. The Hall–Kier alpha value is -1.35. The third kappa shape index (κ3) is 4.64. The average molecular weight is 274 g/mol. The Balaban J connectivity index is 1.77. The van der Waals surface area contributed by atoms with E-state index in [1.807, 2.05) is 31.2 Å². The molecule has 2 atom stereocenters. The summed E-state index contributed by atoms with van der Waals surface area (Å²) in [6, 6.07) is 7.95. The van der Waals surface area contributed by atoms with Crippen LogP contribution in [-0.2, 0) is 4.79 Å². The number of aryl methyl sites for hydroxylation is 1. The van der Waals surface area contributed by atoms with E-state index in [2.05, 4.69) is 24.1 Å². The lowest BCUT2D eigenvalue weighted by Gasteiger charge is -2.34. The van der Waals surface area contributed by atoms with Crippen LogP contribution >= 0.6 is 0 Å². The lowest BCUT2D eigenvalue weighted by molar-refractivity contribution is -0.116.